The number of ether oxygens (including phenoxy) is 2. The SMILES string of the molecule is COc1ccc(NS(=O)(=O)c2ccc(C(=O)N[C@H]3CCOC3=O)cc2)cc1. The zero-order valence-electron chi connectivity index (χ0n) is 14.5. The molecule has 1 heterocycles. The van der Waals surface area contributed by atoms with Crippen molar-refractivity contribution in [2.24, 2.45) is 0 Å². The highest BCUT2D eigenvalue weighted by Crippen LogP contribution is 2.20. The van der Waals surface area contributed by atoms with Gasteiger partial charge in [-0.1, -0.05) is 0 Å². The molecule has 0 aliphatic carbocycles. The van der Waals surface area contributed by atoms with Crippen LogP contribution >= 0.6 is 0 Å². The summed E-state index contributed by atoms with van der Waals surface area (Å²) in [5, 5.41) is 2.56. The first kappa shape index (κ1) is 18.7. The van der Waals surface area contributed by atoms with Crippen molar-refractivity contribution < 1.29 is 27.5 Å². The maximum Gasteiger partial charge on any atom is 0.328 e. The van der Waals surface area contributed by atoms with Crippen molar-refractivity contribution >= 4 is 27.6 Å². The molecule has 2 N–H and O–H groups in total. The van der Waals surface area contributed by atoms with E-state index in [1.54, 1.807) is 24.3 Å². The van der Waals surface area contributed by atoms with Crippen LogP contribution in [0.25, 0.3) is 0 Å². The monoisotopic (exact) mass is 390 g/mol. The van der Waals surface area contributed by atoms with Gasteiger partial charge in [0.15, 0.2) is 0 Å². The van der Waals surface area contributed by atoms with Crippen LogP contribution in [-0.4, -0.2) is 40.1 Å². The second-order valence-corrected chi connectivity index (χ2v) is 7.52. The molecule has 1 fully saturated rings. The van der Waals surface area contributed by atoms with Gasteiger partial charge in [0.25, 0.3) is 15.9 Å². The van der Waals surface area contributed by atoms with Gasteiger partial charge in [-0.05, 0) is 48.5 Å². The van der Waals surface area contributed by atoms with Crippen molar-refractivity contribution in [1.82, 2.24) is 5.32 Å². The number of carbonyl (C=O) groups excluding carboxylic acids is 2. The highest BCUT2D eigenvalue weighted by atomic mass is 32.2. The molecule has 8 nitrogen and oxygen atoms in total. The molecule has 142 valence electrons. The number of nitrogens with one attached hydrogen (secondary N) is 2. The molecule has 1 atom stereocenters. The largest absolute Gasteiger partial charge is 0.497 e. The highest BCUT2D eigenvalue weighted by Gasteiger charge is 2.28. The van der Waals surface area contributed by atoms with Gasteiger partial charge in [-0.3, -0.25) is 9.52 Å². The third kappa shape index (κ3) is 4.37. The fourth-order valence-corrected chi connectivity index (χ4v) is 3.59. The molecule has 1 saturated heterocycles. The summed E-state index contributed by atoms with van der Waals surface area (Å²) in [6.45, 7) is 0.276. The lowest BCUT2D eigenvalue weighted by atomic mass is 10.2. The van der Waals surface area contributed by atoms with Crippen molar-refractivity contribution in [1.29, 1.82) is 0 Å². The maximum absolute atomic E-state index is 12.5. The van der Waals surface area contributed by atoms with Crippen molar-refractivity contribution in [2.75, 3.05) is 18.4 Å². The molecular weight excluding hydrogens is 372 g/mol. The van der Waals surface area contributed by atoms with E-state index >= 15 is 0 Å². The number of benzene rings is 2. The number of amides is 1. The van der Waals surface area contributed by atoms with Crippen molar-refractivity contribution in [3.63, 3.8) is 0 Å². The maximum atomic E-state index is 12.5. The molecular formula is C18H18N2O6S. The van der Waals surface area contributed by atoms with Crippen LogP contribution in [0.4, 0.5) is 5.69 Å². The number of anilines is 1. The van der Waals surface area contributed by atoms with Crippen LogP contribution in [0.1, 0.15) is 16.8 Å². The van der Waals surface area contributed by atoms with Crippen LogP contribution in [0, 0.1) is 0 Å². The van der Waals surface area contributed by atoms with Gasteiger partial charge >= 0.3 is 5.97 Å². The minimum Gasteiger partial charge on any atom is -0.497 e. The molecule has 2 aromatic carbocycles. The van der Waals surface area contributed by atoms with Gasteiger partial charge in [-0.15, -0.1) is 0 Å². The summed E-state index contributed by atoms with van der Waals surface area (Å²) in [6, 6.07) is 11.2. The number of carbonyl (C=O) groups is 2. The molecule has 0 radical (unpaired) electrons. The van der Waals surface area contributed by atoms with Gasteiger partial charge in [0, 0.05) is 17.7 Å². The predicted molar refractivity (Wildman–Crippen MR) is 97.1 cm³/mol. The Morgan fingerprint density at radius 2 is 1.78 bits per heavy atom. The zero-order valence-corrected chi connectivity index (χ0v) is 15.3. The molecule has 1 aliphatic heterocycles. The van der Waals surface area contributed by atoms with Gasteiger partial charge in [-0.2, -0.15) is 0 Å². The summed E-state index contributed by atoms with van der Waals surface area (Å²) >= 11 is 0. The molecule has 27 heavy (non-hydrogen) atoms. The summed E-state index contributed by atoms with van der Waals surface area (Å²) in [5.41, 5.74) is 0.635. The Morgan fingerprint density at radius 1 is 1.11 bits per heavy atom. The van der Waals surface area contributed by atoms with Crippen LogP contribution in [0.5, 0.6) is 5.75 Å². The van der Waals surface area contributed by atoms with Crippen LogP contribution < -0.4 is 14.8 Å². The minimum absolute atomic E-state index is 0.00939. The molecule has 0 aromatic heterocycles. The molecule has 1 amide bonds. The van der Waals surface area contributed by atoms with Crippen LogP contribution in [0.3, 0.4) is 0 Å². The van der Waals surface area contributed by atoms with Gasteiger partial charge in [0.05, 0.1) is 18.6 Å². The smallest absolute Gasteiger partial charge is 0.328 e. The number of sulfonamides is 1. The quantitative estimate of drug-likeness (QED) is 0.724. The fraction of sp³-hybridized carbons (Fsp3) is 0.222. The topological polar surface area (TPSA) is 111 Å². The van der Waals surface area contributed by atoms with E-state index in [2.05, 4.69) is 10.0 Å². The Labute approximate surface area is 156 Å². The van der Waals surface area contributed by atoms with E-state index in [-0.39, 0.29) is 17.1 Å². The van der Waals surface area contributed by atoms with E-state index in [4.69, 9.17) is 9.47 Å². The minimum atomic E-state index is -3.80. The van der Waals surface area contributed by atoms with E-state index in [1.807, 2.05) is 0 Å². The lowest BCUT2D eigenvalue weighted by Crippen LogP contribution is -2.37. The number of esters is 1. The number of hydrogen-bond acceptors (Lipinski definition) is 6. The average Bonchev–Trinajstić information content (AvgIpc) is 3.07. The van der Waals surface area contributed by atoms with Gasteiger partial charge in [0.1, 0.15) is 11.8 Å². The molecule has 0 unspecified atom stereocenters. The van der Waals surface area contributed by atoms with E-state index in [1.165, 1.54) is 31.4 Å². The van der Waals surface area contributed by atoms with E-state index in [9.17, 15) is 18.0 Å². The van der Waals surface area contributed by atoms with E-state index in [0.29, 0.717) is 17.9 Å². The lowest BCUT2D eigenvalue weighted by Gasteiger charge is -2.11. The van der Waals surface area contributed by atoms with Crippen molar-refractivity contribution in [3.05, 3.63) is 54.1 Å². The van der Waals surface area contributed by atoms with Gasteiger partial charge < -0.3 is 14.8 Å². The number of cyclic esters (lactones) is 1. The number of rotatable bonds is 6. The first-order valence-electron chi connectivity index (χ1n) is 8.13. The molecule has 2 aromatic rings. The summed E-state index contributed by atoms with van der Waals surface area (Å²) in [4.78, 5) is 23.6. The molecule has 0 spiro atoms. The van der Waals surface area contributed by atoms with Gasteiger partial charge in [0.2, 0.25) is 0 Å². The average molecular weight is 390 g/mol. The molecule has 3 rings (SSSR count). The Hall–Kier alpha value is -3.07. The highest BCUT2D eigenvalue weighted by molar-refractivity contribution is 7.92. The Balaban J connectivity index is 1.69. The number of hydrogen-bond donors (Lipinski definition) is 2. The van der Waals surface area contributed by atoms with Gasteiger partial charge in [-0.25, -0.2) is 13.2 Å². The molecule has 1 aliphatic rings. The van der Waals surface area contributed by atoms with Crippen molar-refractivity contribution in [3.8, 4) is 5.75 Å². The second kappa shape index (κ2) is 7.67. The van der Waals surface area contributed by atoms with Crippen molar-refractivity contribution in [2.45, 2.75) is 17.4 Å². The lowest BCUT2D eigenvalue weighted by molar-refractivity contribution is -0.139. The third-order valence-electron chi connectivity index (χ3n) is 4.01. The molecule has 9 heteroatoms. The summed E-state index contributed by atoms with van der Waals surface area (Å²) in [5.74, 6) is -0.323. The standard InChI is InChI=1S/C18H18N2O6S/c1-25-14-6-4-13(5-7-14)20-27(23,24)15-8-2-12(3-9-15)17(21)19-16-10-11-26-18(16)22/h2-9,16,20H,10-11H2,1H3,(H,19,21)/t16-/m0/s1. The van der Waals surface area contributed by atoms with Crippen LogP contribution in [0.2, 0.25) is 0 Å². The number of methoxy groups -OCH3 is 1. The third-order valence-corrected chi connectivity index (χ3v) is 5.41. The summed E-state index contributed by atoms with van der Waals surface area (Å²) in [7, 11) is -2.28. The predicted octanol–water partition coefficient (Wildman–Crippen LogP) is 1.54. The first-order valence-corrected chi connectivity index (χ1v) is 9.62. The Morgan fingerprint density at radius 3 is 2.33 bits per heavy atom. The molecule has 0 saturated carbocycles. The Bertz CT molecular complexity index is 939. The van der Waals surface area contributed by atoms with Crippen LogP contribution in [-0.2, 0) is 19.6 Å². The summed E-state index contributed by atoms with van der Waals surface area (Å²) in [6.07, 6.45) is 0.419. The van der Waals surface area contributed by atoms with E-state index in [0.717, 1.165) is 0 Å². The van der Waals surface area contributed by atoms with Crippen LogP contribution in [0.15, 0.2) is 53.4 Å². The Kier molecular flexibility index (Phi) is 5.31. The van der Waals surface area contributed by atoms with E-state index < -0.39 is 27.9 Å². The summed E-state index contributed by atoms with van der Waals surface area (Å²) < 4.78 is 37.2. The normalized spacial score (nSPS) is 16.5. The first-order chi connectivity index (χ1) is 12.9. The second-order valence-electron chi connectivity index (χ2n) is 5.84. The fourth-order valence-electron chi connectivity index (χ4n) is 2.53. The molecule has 0 bridgehead atoms. The zero-order chi connectivity index (χ0) is 19.4.